The SMILES string of the molecule is CCCCC/C=C\C/C=C\CCCCCCCCCCCC(=O)NC(COC1OC(CO)C(OC2OC(CO)C(O)C(O)C2O)C(O)C1O)C(O)CCCCCCCCCCCCCCCCCCCCCCCCCCCCCCCC. The Hall–Kier alpha value is -1.53. The van der Waals surface area contributed by atoms with Gasteiger partial charge in [0.15, 0.2) is 12.6 Å². The minimum absolute atomic E-state index is 0.207. The van der Waals surface area contributed by atoms with Gasteiger partial charge >= 0.3 is 0 Å². The molecule has 2 saturated heterocycles. The standard InChI is InChI=1S/C69H131NO13/c1-3-5-7-9-11-13-15-17-19-21-23-24-25-26-27-28-29-30-31-32-33-35-36-38-40-42-44-46-48-50-52-58(73)57(70-61(74)53-51-49-47-45-43-41-39-37-34-22-20-18-16-14-12-10-8-6-4-2)56-80-68-66(79)64(77)67(60(55-72)82-68)83-69-65(78)63(76)62(75)59(54-71)81-69/h12,14,18,20,57-60,62-69,71-73,75-79H,3-11,13,15-17,19,21-56H2,1-2H3,(H,70,74)/b14-12-,20-18-. The number of hydrogen-bond acceptors (Lipinski definition) is 13. The highest BCUT2D eigenvalue weighted by Gasteiger charge is 2.51. The van der Waals surface area contributed by atoms with Crippen LogP contribution in [0.1, 0.15) is 316 Å². The number of unbranched alkanes of at least 4 members (excludes halogenated alkanes) is 41. The predicted molar refractivity (Wildman–Crippen MR) is 337 cm³/mol. The molecule has 0 aromatic rings. The molecule has 2 heterocycles. The second-order valence-corrected chi connectivity index (χ2v) is 25.0. The Morgan fingerprint density at radius 3 is 1.23 bits per heavy atom. The summed E-state index contributed by atoms with van der Waals surface area (Å²) in [7, 11) is 0. The van der Waals surface area contributed by atoms with Gasteiger partial charge in [0.1, 0.15) is 48.8 Å². The van der Waals surface area contributed by atoms with Gasteiger partial charge < -0.3 is 65.1 Å². The van der Waals surface area contributed by atoms with Crippen molar-refractivity contribution in [2.24, 2.45) is 0 Å². The monoisotopic (exact) mass is 1180 g/mol. The molecule has 2 fully saturated rings. The fourth-order valence-corrected chi connectivity index (χ4v) is 11.8. The van der Waals surface area contributed by atoms with E-state index in [9.17, 15) is 45.6 Å². The summed E-state index contributed by atoms with van der Waals surface area (Å²) >= 11 is 0. The first-order chi connectivity index (χ1) is 40.6. The molecule has 2 aliphatic heterocycles. The summed E-state index contributed by atoms with van der Waals surface area (Å²) in [5, 5.41) is 87.6. The molecule has 14 nitrogen and oxygen atoms in total. The fourth-order valence-electron chi connectivity index (χ4n) is 11.8. The third kappa shape index (κ3) is 39.2. The lowest BCUT2D eigenvalue weighted by Crippen LogP contribution is -2.65. The fraction of sp³-hybridized carbons (Fsp3) is 0.928. The number of aliphatic hydroxyl groups is 8. The van der Waals surface area contributed by atoms with Crippen molar-refractivity contribution < 1.29 is 64.6 Å². The maximum Gasteiger partial charge on any atom is 0.220 e. The molecule has 83 heavy (non-hydrogen) atoms. The van der Waals surface area contributed by atoms with Gasteiger partial charge in [-0.2, -0.15) is 0 Å². The van der Waals surface area contributed by atoms with Crippen molar-refractivity contribution in [1.29, 1.82) is 0 Å². The van der Waals surface area contributed by atoms with Crippen molar-refractivity contribution in [3.63, 3.8) is 0 Å². The Kier molecular flexibility index (Phi) is 51.0. The van der Waals surface area contributed by atoms with E-state index in [4.69, 9.17) is 18.9 Å². The summed E-state index contributed by atoms with van der Waals surface area (Å²) in [4.78, 5) is 13.3. The van der Waals surface area contributed by atoms with Crippen LogP contribution in [0.3, 0.4) is 0 Å². The molecule has 0 aromatic heterocycles. The zero-order chi connectivity index (χ0) is 60.2. The Balaban J connectivity index is 1.65. The molecular weight excluding hydrogens is 1050 g/mol. The van der Waals surface area contributed by atoms with Crippen LogP contribution in [0, 0.1) is 0 Å². The van der Waals surface area contributed by atoms with Crippen molar-refractivity contribution in [2.45, 2.75) is 389 Å². The van der Waals surface area contributed by atoms with Gasteiger partial charge in [0.05, 0.1) is 32.0 Å². The molecule has 12 unspecified atom stereocenters. The van der Waals surface area contributed by atoms with Crippen LogP contribution >= 0.6 is 0 Å². The third-order valence-electron chi connectivity index (χ3n) is 17.4. The van der Waals surface area contributed by atoms with E-state index < -0.39 is 86.8 Å². The van der Waals surface area contributed by atoms with E-state index in [2.05, 4.69) is 43.5 Å². The number of carbonyl (C=O) groups excluding carboxylic acids is 1. The summed E-state index contributed by atoms with van der Waals surface area (Å²) in [6.45, 7) is 2.88. The highest BCUT2D eigenvalue weighted by molar-refractivity contribution is 5.76. The third-order valence-corrected chi connectivity index (χ3v) is 17.4. The first-order valence-corrected chi connectivity index (χ1v) is 35.1. The van der Waals surface area contributed by atoms with Gasteiger partial charge in [-0.1, -0.05) is 289 Å². The minimum atomic E-state index is -1.78. The van der Waals surface area contributed by atoms with Gasteiger partial charge in [0.2, 0.25) is 5.91 Å². The number of allylic oxidation sites excluding steroid dienone is 4. The number of amides is 1. The van der Waals surface area contributed by atoms with Gasteiger partial charge in [-0.15, -0.1) is 0 Å². The van der Waals surface area contributed by atoms with Crippen molar-refractivity contribution in [3.05, 3.63) is 24.3 Å². The van der Waals surface area contributed by atoms with Gasteiger partial charge in [-0.25, -0.2) is 0 Å². The van der Waals surface area contributed by atoms with Crippen LogP contribution in [-0.2, 0) is 23.7 Å². The van der Waals surface area contributed by atoms with Gasteiger partial charge in [0.25, 0.3) is 0 Å². The summed E-state index contributed by atoms with van der Waals surface area (Å²) in [6, 6.07) is -0.831. The zero-order valence-electron chi connectivity index (χ0n) is 53.2. The average molecular weight is 1180 g/mol. The molecule has 490 valence electrons. The lowest BCUT2D eigenvalue weighted by atomic mass is 9.97. The first-order valence-electron chi connectivity index (χ1n) is 35.1. The van der Waals surface area contributed by atoms with Crippen molar-refractivity contribution in [1.82, 2.24) is 5.32 Å². The van der Waals surface area contributed by atoms with Crippen LogP contribution in [0.4, 0.5) is 0 Å². The molecule has 2 aliphatic rings. The molecule has 12 atom stereocenters. The highest BCUT2D eigenvalue weighted by Crippen LogP contribution is 2.30. The minimum Gasteiger partial charge on any atom is -0.394 e. The van der Waals surface area contributed by atoms with Crippen LogP contribution < -0.4 is 5.32 Å². The molecular formula is C69H131NO13. The van der Waals surface area contributed by atoms with Crippen LogP contribution in [0.25, 0.3) is 0 Å². The van der Waals surface area contributed by atoms with Gasteiger partial charge in [0, 0.05) is 6.42 Å². The smallest absolute Gasteiger partial charge is 0.220 e. The molecule has 0 spiro atoms. The molecule has 0 aliphatic carbocycles. The van der Waals surface area contributed by atoms with Crippen LogP contribution in [-0.4, -0.2) is 140 Å². The molecule has 1 amide bonds. The second-order valence-electron chi connectivity index (χ2n) is 25.0. The van der Waals surface area contributed by atoms with E-state index >= 15 is 0 Å². The van der Waals surface area contributed by atoms with E-state index in [-0.39, 0.29) is 12.5 Å². The molecule has 2 rings (SSSR count). The summed E-state index contributed by atoms with van der Waals surface area (Å²) in [5.74, 6) is -0.207. The Morgan fingerprint density at radius 2 is 0.795 bits per heavy atom. The predicted octanol–water partition coefficient (Wildman–Crippen LogP) is 14.0. The Bertz CT molecular complexity index is 1490. The highest BCUT2D eigenvalue weighted by atomic mass is 16.7. The second kappa shape index (κ2) is 54.6. The van der Waals surface area contributed by atoms with Crippen molar-refractivity contribution in [3.8, 4) is 0 Å². The number of aliphatic hydroxyl groups excluding tert-OH is 8. The lowest BCUT2D eigenvalue weighted by Gasteiger charge is -2.46. The first kappa shape index (κ1) is 77.6. The van der Waals surface area contributed by atoms with E-state index in [0.717, 1.165) is 64.2 Å². The Labute approximate surface area is 507 Å². The molecule has 0 radical (unpaired) electrons. The average Bonchev–Trinajstić information content (AvgIpc) is 3.64. The molecule has 9 N–H and O–H groups in total. The van der Waals surface area contributed by atoms with Crippen molar-refractivity contribution >= 4 is 5.91 Å². The summed E-state index contributed by atoms with van der Waals surface area (Å²) in [5.41, 5.74) is 0. The van der Waals surface area contributed by atoms with Crippen LogP contribution in [0.5, 0.6) is 0 Å². The molecule has 0 aromatic carbocycles. The topological polar surface area (TPSA) is 228 Å². The maximum absolute atomic E-state index is 13.3. The molecule has 0 saturated carbocycles. The van der Waals surface area contributed by atoms with Crippen molar-refractivity contribution in [2.75, 3.05) is 19.8 Å². The molecule has 14 heteroatoms. The number of rotatable bonds is 58. The van der Waals surface area contributed by atoms with E-state index in [0.29, 0.717) is 12.8 Å². The van der Waals surface area contributed by atoms with Crippen LogP contribution in [0.2, 0.25) is 0 Å². The van der Waals surface area contributed by atoms with Gasteiger partial charge in [-0.05, 0) is 44.9 Å². The number of hydrogen-bond donors (Lipinski definition) is 9. The normalized spacial score (nSPS) is 23.9. The summed E-state index contributed by atoms with van der Waals surface area (Å²) < 4.78 is 22.9. The molecule has 0 bridgehead atoms. The Morgan fingerprint density at radius 1 is 0.434 bits per heavy atom. The number of ether oxygens (including phenoxy) is 4. The van der Waals surface area contributed by atoms with Crippen LogP contribution in [0.15, 0.2) is 24.3 Å². The summed E-state index contributed by atoms with van der Waals surface area (Å²) in [6.07, 6.45) is 50.5. The maximum atomic E-state index is 13.3. The van der Waals surface area contributed by atoms with E-state index in [1.54, 1.807) is 0 Å². The van der Waals surface area contributed by atoms with E-state index in [1.165, 1.54) is 225 Å². The number of carbonyl (C=O) groups is 1. The largest absolute Gasteiger partial charge is 0.394 e. The van der Waals surface area contributed by atoms with Gasteiger partial charge in [-0.3, -0.25) is 4.79 Å². The number of nitrogens with one attached hydrogen (secondary N) is 1. The zero-order valence-corrected chi connectivity index (χ0v) is 53.2. The van der Waals surface area contributed by atoms with E-state index in [1.807, 2.05) is 0 Å². The quantitative estimate of drug-likeness (QED) is 0.0204. The lowest BCUT2D eigenvalue weighted by molar-refractivity contribution is -0.359.